The van der Waals surface area contributed by atoms with Crippen LogP contribution in [0.15, 0.2) is 23.1 Å². The molecule has 0 saturated carbocycles. The molecule has 0 aliphatic rings. The highest BCUT2D eigenvalue weighted by Crippen LogP contribution is 2.26. The van der Waals surface area contributed by atoms with Crippen LogP contribution in [0, 0.1) is 6.92 Å². The van der Waals surface area contributed by atoms with E-state index in [0.29, 0.717) is 12.1 Å². The number of anilines is 1. The molecule has 1 amide bonds. The van der Waals surface area contributed by atoms with Crippen molar-refractivity contribution in [3.63, 3.8) is 0 Å². The van der Waals surface area contributed by atoms with E-state index in [-0.39, 0.29) is 5.91 Å². The van der Waals surface area contributed by atoms with E-state index in [9.17, 15) is 4.79 Å². The van der Waals surface area contributed by atoms with Gasteiger partial charge in [-0.1, -0.05) is 33.7 Å². The molecule has 17 heavy (non-hydrogen) atoms. The molecule has 1 rings (SSSR count). The van der Waals surface area contributed by atoms with Gasteiger partial charge in [0, 0.05) is 21.4 Å². The van der Waals surface area contributed by atoms with Crippen molar-refractivity contribution in [1.82, 2.24) is 0 Å². The first-order valence-corrected chi connectivity index (χ1v) is 7.05. The number of carbonyl (C=O) groups is 1. The number of halogens is 1. The Morgan fingerprint density at radius 3 is 3.00 bits per heavy atom. The van der Waals surface area contributed by atoms with Gasteiger partial charge in [-0.05, 0) is 24.6 Å². The van der Waals surface area contributed by atoms with E-state index in [0.717, 1.165) is 26.9 Å². The van der Waals surface area contributed by atoms with Crippen molar-refractivity contribution in [2.24, 2.45) is 0 Å². The first kappa shape index (κ1) is 14.7. The van der Waals surface area contributed by atoms with Crippen molar-refractivity contribution in [1.29, 1.82) is 0 Å². The number of hydrogen-bond acceptors (Lipinski definition) is 5. The van der Waals surface area contributed by atoms with E-state index in [1.54, 1.807) is 6.07 Å². The smallest absolute Gasteiger partial charge is 0.225 e. The molecular weight excluding hydrogens is 357 g/mol. The lowest BCUT2D eigenvalue weighted by Gasteiger charge is -2.08. The van der Waals surface area contributed by atoms with Gasteiger partial charge < -0.3 is 5.32 Å². The zero-order chi connectivity index (χ0) is 12.7. The monoisotopic (exact) mass is 369 g/mol. The molecule has 0 aliphatic carbocycles. The number of hydrogen-bond donors (Lipinski definition) is 2. The number of amides is 1. The van der Waals surface area contributed by atoms with Crippen LogP contribution < -0.4 is 5.32 Å². The number of carbonyl (C=O) groups excluding carboxylic acids is 1. The van der Waals surface area contributed by atoms with Gasteiger partial charge in [0.2, 0.25) is 5.91 Å². The Kier molecular flexibility index (Phi) is 6.82. The first-order valence-electron chi connectivity index (χ1n) is 4.78. The Hall–Kier alpha value is -0.350. The molecule has 1 aromatic carbocycles. The van der Waals surface area contributed by atoms with Crippen LogP contribution in [-0.4, -0.2) is 15.6 Å². The summed E-state index contributed by atoms with van der Waals surface area (Å²) in [6.45, 7) is 1.89. The highest BCUT2D eigenvalue weighted by atomic mass is 127. The fourth-order valence-electron chi connectivity index (χ4n) is 1.13. The predicted octanol–water partition coefficient (Wildman–Crippen LogP) is 3.19. The van der Waals surface area contributed by atoms with Gasteiger partial charge in [0.1, 0.15) is 0 Å². The molecule has 0 spiro atoms. The summed E-state index contributed by atoms with van der Waals surface area (Å²) >= 11 is 3.02. The molecule has 5 nitrogen and oxygen atoms in total. The number of nitrogens with one attached hydrogen (secondary N) is 1. The lowest BCUT2D eigenvalue weighted by atomic mass is 10.2. The Balaban J connectivity index is 2.70. The molecule has 0 aromatic heterocycles. The number of rotatable bonds is 6. The van der Waals surface area contributed by atoms with Crippen molar-refractivity contribution >= 4 is 46.2 Å². The molecule has 0 radical (unpaired) electrons. The van der Waals surface area contributed by atoms with Gasteiger partial charge in [-0.15, -0.1) is 4.33 Å². The van der Waals surface area contributed by atoms with Gasteiger partial charge in [0.25, 0.3) is 0 Å². The zero-order valence-electron chi connectivity index (χ0n) is 9.10. The average Bonchev–Trinajstić information content (AvgIpc) is 2.30. The van der Waals surface area contributed by atoms with Gasteiger partial charge in [-0.2, -0.15) is 0 Å². The second-order valence-corrected chi connectivity index (χ2v) is 5.01. The molecule has 94 valence electrons. The van der Waals surface area contributed by atoms with Crippen LogP contribution in [0.2, 0.25) is 0 Å². The molecule has 0 atom stereocenters. The summed E-state index contributed by atoms with van der Waals surface area (Å²) in [4.78, 5) is 12.2. The van der Waals surface area contributed by atoms with Gasteiger partial charge in [-0.25, -0.2) is 5.26 Å². The van der Waals surface area contributed by atoms with Gasteiger partial charge in [0.15, 0.2) is 0 Å². The summed E-state index contributed by atoms with van der Waals surface area (Å²) in [5.74, 6) is -0.0291. The van der Waals surface area contributed by atoms with E-state index in [2.05, 4.69) is 37.3 Å². The predicted molar refractivity (Wildman–Crippen MR) is 74.0 cm³/mol. The fourth-order valence-corrected chi connectivity index (χ4v) is 2.10. The highest BCUT2D eigenvalue weighted by molar-refractivity contribution is 14.1. The van der Waals surface area contributed by atoms with Crippen molar-refractivity contribution in [2.75, 3.05) is 9.74 Å². The van der Waals surface area contributed by atoms with Crippen LogP contribution >= 0.6 is 34.6 Å². The minimum absolute atomic E-state index is 0.0291. The van der Waals surface area contributed by atoms with Crippen LogP contribution in [0.25, 0.3) is 0 Å². The van der Waals surface area contributed by atoms with E-state index in [1.807, 2.05) is 19.1 Å². The first-order chi connectivity index (χ1) is 8.17. The highest BCUT2D eigenvalue weighted by Gasteiger charge is 2.05. The summed E-state index contributed by atoms with van der Waals surface area (Å²) in [7, 11) is 0. The maximum atomic E-state index is 11.4. The summed E-state index contributed by atoms with van der Waals surface area (Å²) in [6.07, 6.45) is 0.479. The summed E-state index contributed by atoms with van der Waals surface area (Å²) in [5.41, 5.74) is 1.65. The van der Waals surface area contributed by atoms with Gasteiger partial charge in [-0.3, -0.25) is 4.79 Å². The van der Waals surface area contributed by atoms with E-state index in [1.165, 1.54) is 0 Å². The van der Waals surface area contributed by atoms with Crippen LogP contribution in [0.4, 0.5) is 5.69 Å². The molecule has 0 unspecified atom stereocenters. The quantitative estimate of drug-likeness (QED) is 0.265. The molecule has 2 N–H and O–H groups in total. The van der Waals surface area contributed by atoms with Crippen molar-refractivity contribution in [3.8, 4) is 0 Å². The summed E-state index contributed by atoms with van der Waals surface area (Å²) in [6, 6.07) is 5.41. The minimum atomic E-state index is -0.0291. The lowest BCUT2D eigenvalue weighted by Crippen LogP contribution is -2.11. The maximum Gasteiger partial charge on any atom is 0.225 e. The van der Waals surface area contributed by atoms with Gasteiger partial charge >= 0.3 is 0 Å². The standard InChI is InChI=1S/C10H12INO4S/c1-7-2-3-8(12-10(13)4-5-11)6-9(7)17-16-15-14/h2-3,6,14H,4-5H2,1H3,(H,12,13). The van der Waals surface area contributed by atoms with Gasteiger partial charge in [0.05, 0.1) is 12.0 Å². The van der Waals surface area contributed by atoms with Crippen LogP contribution in [0.1, 0.15) is 12.0 Å². The number of aryl methyl sites for hydroxylation is 1. The molecule has 0 bridgehead atoms. The van der Waals surface area contributed by atoms with Crippen LogP contribution in [0.5, 0.6) is 0 Å². The largest absolute Gasteiger partial charge is 0.326 e. The molecular formula is C10H12INO4S. The normalized spacial score (nSPS) is 10.3. The summed E-state index contributed by atoms with van der Waals surface area (Å²) < 4.78 is 5.14. The van der Waals surface area contributed by atoms with Crippen LogP contribution in [-0.2, 0) is 14.2 Å². The Morgan fingerprint density at radius 1 is 1.59 bits per heavy atom. The third-order valence-corrected chi connectivity index (χ3v) is 3.24. The second-order valence-electron chi connectivity index (χ2n) is 3.19. The molecule has 7 heteroatoms. The topological polar surface area (TPSA) is 67.8 Å². The van der Waals surface area contributed by atoms with E-state index < -0.39 is 0 Å². The van der Waals surface area contributed by atoms with Crippen molar-refractivity contribution in [2.45, 2.75) is 18.2 Å². The molecule has 0 heterocycles. The average molecular weight is 369 g/mol. The number of benzene rings is 1. The van der Waals surface area contributed by atoms with Crippen LogP contribution in [0.3, 0.4) is 0 Å². The SMILES string of the molecule is Cc1ccc(NC(=O)CCI)cc1SOOO. The minimum Gasteiger partial charge on any atom is -0.326 e. The zero-order valence-corrected chi connectivity index (χ0v) is 12.1. The Labute approximate surface area is 117 Å². The molecule has 0 aliphatic heterocycles. The molecule has 1 aromatic rings. The van der Waals surface area contributed by atoms with Crippen molar-refractivity contribution in [3.05, 3.63) is 23.8 Å². The van der Waals surface area contributed by atoms with E-state index >= 15 is 0 Å². The molecule has 0 fully saturated rings. The number of alkyl halides is 1. The maximum absolute atomic E-state index is 11.4. The fraction of sp³-hybridized carbons (Fsp3) is 0.300. The third-order valence-electron chi connectivity index (χ3n) is 1.95. The molecule has 0 saturated heterocycles. The Morgan fingerprint density at radius 2 is 2.35 bits per heavy atom. The van der Waals surface area contributed by atoms with E-state index in [4.69, 9.17) is 5.26 Å². The van der Waals surface area contributed by atoms with Crippen molar-refractivity contribution < 1.29 is 19.4 Å². The Bertz CT molecular complexity index is 389. The second kappa shape index (κ2) is 7.88. The third kappa shape index (κ3) is 5.21. The summed E-state index contributed by atoms with van der Waals surface area (Å²) in [5, 5.41) is 14.4. The lowest BCUT2D eigenvalue weighted by molar-refractivity contribution is -0.432.